The first-order valence-corrected chi connectivity index (χ1v) is 7.52. The van der Waals surface area contributed by atoms with Crippen LogP contribution in [0.5, 0.6) is 0 Å². The van der Waals surface area contributed by atoms with Crippen molar-refractivity contribution in [2.45, 2.75) is 39.2 Å². The Morgan fingerprint density at radius 1 is 1.06 bits per heavy atom. The van der Waals surface area contributed by atoms with Gasteiger partial charge in [0.15, 0.2) is 0 Å². The van der Waals surface area contributed by atoms with Crippen molar-refractivity contribution in [1.82, 2.24) is 14.7 Å². The average molecular weight is 239 g/mol. The van der Waals surface area contributed by atoms with Gasteiger partial charge in [0.1, 0.15) is 0 Å². The minimum atomic E-state index is 0.870. The molecule has 2 aliphatic rings. The summed E-state index contributed by atoms with van der Waals surface area (Å²) >= 11 is 0. The third-order valence-corrected chi connectivity index (χ3v) is 4.55. The van der Waals surface area contributed by atoms with E-state index in [1.54, 1.807) is 0 Å². The minimum Gasteiger partial charge on any atom is -0.303 e. The fraction of sp³-hybridized carbons (Fsp3) is 1.00. The summed E-state index contributed by atoms with van der Waals surface area (Å²) in [6.45, 7) is 14.7. The van der Waals surface area contributed by atoms with Gasteiger partial charge in [0.2, 0.25) is 0 Å². The Bertz CT molecular complexity index is 216. The van der Waals surface area contributed by atoms with Gasteiger partial charge < -0.3 is 4.90 Å². The van der Waals surface area contributed by atoms with Crippen LogP contribution in [0, 0.1) is 0 Å². The van der Waals surface area contributed by atoms with Crippen molar-refractivity contribution >= 4 is 0 Å². The molecule has 0 spiro atoms. The van der Waals surface area contributed by atoms with Crippen LogP contribution in [-0.2, 0) is 0 Å². The Labute approximate surface area is 107 Å². The van der Waals surface area contributed by atoms with Crippen molar-refractivity contribution in [3.05, 3.63) is 0 Å². The molecule has 0 aromatic rings. The predicted molar refractivity (Wildman–Crippen MR) is 73.4 cm³/mol. The Kier molecular flexibility index (Phi) is 5.26. The van der Waals surface area contributed by atoms with Crippen molar-refractivity contribution in [3.8, 4) is 0 Å². The van der Waals surface area contributed by atoms with E-state index < -0.39 is 0 Å². The molecule has 2 rings (SSSR count). The number of piperidine rings is 1. The summed E-state index contributed by atoms with van der Waals surface area (Å²) in [5.41, 5.74) is 0. The van der Waals surface area contributed by atoms with Crippen LogP contribution in [0.1, 0.15) is 33.1 Å². The molecule has 17 heavy (non-hydrogen) atoms. The molecular weight excluding hydrogens is 210 g/mol. The van der Waals surface area contributed by atoms with E-state index in [-0.39, 0.29) is 0 Å². The van der Waals surface area contributed by atoms with Gasteiger partial charge in [0.05, 0.1) is 0 Å². The largest absolute Gasteiger partial charge is 0.303 e. The van der Waals surface area contributed by atoms with Gasteiger partial charge in [-0.25, -0.2) is 0 Å². The number of hydrogen-bond acceptors (Lipinski definition) is 3. The third kappa shape index (κ3) is 3.67. The van der Waals surface area contributed by atoms with Crippen LogP contribution < -0.4 is 0 Å². The van der Waals surface area contributed by atoms with Gasteiger partial charge in [-0.05, 0) is 32.5 Å². The fourth-order valence-corrected chi connectivity index (χ4v) is 3.25. The van der Waals surface area contributed by atoms with Gasteiger partial charge in [0, 0.05) is 38.8 Å². The van der Waals surface area contributed by atoms with Crippen molar-refractivity contribution in [3.63, 3.8) is 0 Å². The lowest BCUT2D eigenvalue weighted by molar-refractivity contribution is 0.0449. The second-order valence-electron chi connectivity index (χ2n) is 5.51. The van der Waals surface area contributed by atoms with Gasteiger partial charge in [-0.2, -0.15) is 0 Å². The molecule has 0 aromatic carbocycles. The molecule has 0 aliphatic carbocycles. The summed E-state index contributed by atoms with van der Waals surface area (Å²) in [7, 11) is 0. The van der Waals surface area contributed by atoms with Gasteiger partial charge in [-0.15, -0.1) is 0 Å². The summed E-state index contributed by atoms with van der Waals surface area (Å²) < 4.78 is 0. The van der Waals surface area contributed by atoms with Crippen LogP contribution in [0.2, 0.25) is 0 Å². The molecule has 0 radical (unpaired) electrons. The number of rotatable bonds is 5. The topological polar surface area (TPSA) is 9.72 Å². The molecule has 100 valence electrons. The molecule has 0 N–H and O–H groups in total. The zero-order valence-corrected chi connectivity index (χ0v) is 11.7. The SMILES string of the molecule is CCN(CC)CCN1CCN2CCCC[C@H]2C1. The summed E-state index contributed by atoms with van der Waals surface area (Å²) in [4.78, 5) is 7.94. The zero-order chi connectivity index (χ0) is 12.1. The average Bonchev–Trinajstić information content (AvgIpc) is 2.40. The molecule has 3 nitrogen and oxygen atoms in total. The Hall–Kier alpha value is -0.120. The summed E-state index contributed by atoms with van der Waals surface area (Å²) in [5, 5.41) is 0. The van der Waals surface area contributed by atoms with E-state index in [2.05, 4.69) is 28.5 Å². The highest BCUT2D eigenvalue weighted by Crippen LogP contribution is 2.20. The number of piperazine rings is 1. The lowest BCUT2D eigenvalue weighted by Gasteiger charge is -2.44. The highest BCUT2D eigenvalue weighted by Gasteiger charge is 2.28. The van der Waals surface area contributed by atoms with Crippen LogP contribution in [0.15, 0.2) is 0 Å². The van der Waals surface area contributed by atoms with Gasteiger partial charge >= 0.3 is 0 Å². The molecule has 3 heteroatoms. The first-order valence-electron chi connectivity index (χ1n) is 7.52. The predicted octanol–water partition coefficient (Wildman–Crippen LogP) is 1.50. The third-order valence-electron chi connectivity index (χ3n) is 4.55. The molecule has 0 unspecified atom stereocenters. The number of likely N-dealkylation sites (N-methyl/N-ethyl adjacent to an activating group) is 1. The normalized spacial score (nSPS) is 27.4. The number of nitrogens with zero attached hydrogens (tertiary/aromatic N) is 3. The van der Waals surface area contributed by atoms with Gasteiger partial charge in [-0.1, -0.05) is 20.3 Å². The lowest BCUT2D eigenvalue weighted by atomic mass is 9.99. The second kappa shape index (κ2) is 6.72. The Morgan fingerprint density at radius 3 is 2.65 bits per heavy atom. The molecule has 2 fully saturated rings. The van der Waals surface area contributed by atoms with Gasteiger partial charge in [0.25, 0.3) is 0 Å². The second-order valence-corrected chi connectivity index (χ2v) is 5.51. The van der Waals surface area contributed by atoms with Crippen molar-refractivity contribution < 1.29 is 0 Å². The van der Waals surface area contributed by atoms with Crippen LogP contribution in [0.4, 0.5) is 0 Å². The van der Waals surface area contributed by atoms with Crippen LogP contribution >= 0.6 is 0 Å². The molecule has 1 atom stereocenters. The Balaban J connectivity index is 1.72. The number of fused-ring (bicyclic) bond motifs is 1. The number of hydrogen-bond donors (Lipinski definition) is 0. The van der Waals surface area contributed by atoms with Crippen LogP contribution in [0.25, 0.3) is 0 Å². The Morgan fingerprint density at radius 2 is 1.88 bits per heavy atom. The molecule has 2 saturated heterocycles. The van der Waals surface area contributed by atoms with E-state index in [4.69, 9.17) is 0 Å². The fourth-order valence-electron chi connectivity index (χ4n) is 3.25. The smallest absolute Gasteiger partial charge is 0.0223 e. The van der Waals surface area contributed by atoms with Crippen molar-refractivity contribution in [1.29, 1.82) is 0 Å². The summed E-state index contributed by atoms with van der Waals surface area (Å²) in [6, 6.07) is 0.870. The first kappa shape index (κ1) is 13.3. The van der Waals surface area contributed by atoms with E-state index >= 15 is 0 Å². The van der Waals surface area contributed by atoms with E-state index in [9.17, 15) is 0 Å². The standard InChI is InChI=1S/C14H29N3/c1-3-15(4-2)9-10-16-11-12-17-8-6-5-7-14(17)13-16/h14H,3-13H2,1-2H3/t14-/m0/s1. The summed E-state index contributed by atoms with van der Waals surface area (Å²) in [6.07, 6.45) is 4.31. The lowest BCUT2D eigenvalue weighted by Crippen LogP contribution is -2.55. The molecular formula is C14H29N3. The molecule has 2 heterocycles. The van der Waals surface area contributed by atoms with Crippen molar-refractivity contribution in [2.24, 2.45) is 0 Å². The first-order chi connectivity index (χ1) is 8.33. The maximum absolute atomic E-state index is 2.72. The molecule has 0 bridgehead atoms. The minimum absolute atomic E-state index is 0.870. The van der Waals surface area contributed by atoms with Crippen LogP contribution in [0.3, 0.4) is 0 Å². The maximum atomic E-state index is 2.72. The van der Waals surface area contributed by atoms with Crippen molar-refractivity contribution in [2.75, 3.05) is 52.4 Å². The quantitative estimate of drug-likeness (QED) is 0.720. The van der Waals surface area contributed by atoms with E-state index in [0.717, 1.165) is 6.04 Å². The highest BCUT2D eigenvalue weighted by atomic mass is 15.3. The highest BCUT2D eigenvalue weighted by molar-refractivity contribution is 4.85. The van der Waals surface area contributed by atoms with E-state index in [0.29, 0.717) is 0 Å². The zero-order valence-electron chi connectivity index (χ0n) is 11.7. The molecule has 0 aromatic heterocycles. The van der Waals surface area contributed by atoms with E-state index in [1.165, 1.54) is 71.6 Å². The van der Waals surface area contributed by atoms with Crippen LogP contribution in [-0.4, -0.2) is 73.1 Å². The van der Waals surface area contributed by atoms with E-state index in [1.807, 2.05) is 0 Å². The van der Waals surface area contributed by atoms with Gasteiger partial charge in [-0.3, -0.25) is 9.80 Å². The molecule has 0 amide bonds. The summed E-state index contributed by atoms with van der Waals surface area (Å²) in [5.74, 6) is 0. The monoisotopic (exact) mass is 239 g/mol. The maximum Gasteiger partial charge on any atom is 0.0223 e. The molecule has 0 saturated carbocycles. The molecule has 2 aliphatic heterocycles.